The summed E-state index contributed by atoms with van der Waals surface area (Å²) in [5.41, 5.74) is 3.30. The summed E-state index contributed by atoms with van der Waals surface area (Å²) in [4.78, 5) is 13.4. The summed E-state index contributed by atoms with van der Waals surface area (Å²) < 4.78 is 34.7. The highest BCUT2D eigenvalue weighted by Gasteiger charge is 2.37. The lowest BCUT2D eigenvalue weighted by Crippen LogP contribution is -2.44. The molecule has 1 unspecified atom stereocenters. The Labute approximate surface area is 192 Å². The van der Waals surface area contributed by atoms with Crippen LogP contribution in [-0.2, 0) is 27.7 Å². The van der Waals surface area contributed by atoms with Crippen LogP contribution in [0, 0.1) is 19.8 Å². The van der Waals surface area contributed by atoms with Crippen LogP contribution in [-0.4, -0.2) is 46.7 Å². The lowest BCUT2D eigenvalue weighted by Gasteiger charge is -2.31. The summed E-state index contributed by atoms with van der Waals surface area (Å²) in [6, 6.07) is 9.72. The molecule has 1 amide bonds. The molecule has 1 N–H and O–H groups in total. The molecule has 9 nitrogen and oxygen atoms in total. The van der Waals surface area contributed by atoms with Crippen molar-refractivity contribution in [1.29, 1.82) is 0 Å². The van der Waals surface area contributed by atoms with E-state index in [9.17, 15) is 13.2 Å². The Hall–Kier alpha value is -2.98. The van der Waals surface area contributed by atoms with Crippen molar-refractivity contribution in [2.24, 2.45) is 5.92 Å². The molecule has 1 saturated heterocycles. The van der Waals surface area contributed by atoms with E-state index in [4.69, 9.17) is 9.62 Å². The molecular formula is C23H27N5O4S. The van der Waals surface area contributed by atoms with Crippen molar-refractivity contribution in [3.05, 3.63) is 53.0 Å². The Morgan fingerprint density at radius 1 is 1.15 bits per heavy atom. The van der Waals surface area contributed by atoms with Gasteiger partial charge in [-0.1, -0.05) is 23.4 Å². The number of carbonyl (C=O) groups excluding carboxylic acids is 1. The number of para-hydroxylation sites is 1. The van der Waals surface area contributed by atoms with E-state index in [0.717, 1.165) is 36.2 Å². The van der Waals surface area contributed by atoms with Crippen LogP contribution < -0.4 is 5.32 Å². The molecule has 0 saturated carbocycles. The van der Waals surface area contributed by atoms with Crippen LogP contribution in [0.4, 0.5) is 5.82 Å². The Bertz CT molecular complexity index is 1280. The Balaban J connectivity index is 1.39. The smallest absolute Gasteiger partial charge is 0.248 e. The molecule has 1 aromatic carbocycles. The molecule has 1 fully saturated rings. The number of sulfonamides is 1. The highest BCUT2D eigenvalue weighted by atomic mass is 32.2. The minimum Gasteiger partial charge on any atom is -0.360 e. The van der Waals surface area contributed by atoms with Crippen LogP contribution in [0.25, 0.3) is 5.69 Å². The predicted octanol–water partition coefficient (Wildman–Crippen LogP) is 3.01. The number of fused-ring (bicyclic) bond motifs is 1. The average molecular weight is 470 g/mol. The molecule has 10 heteroatoms. The minimum absolute atomic E-state index is 0.100. The third kappa shape index (κ3) is 3.87. The summed E-state index contributed by atoms with van der Waals surface area (Å²) >= 11 is 0. The largest absolute Gasteiger partial charge is 0.360 e. The van der Waals surface area contributed by atoms with Crippen LogP contribution in [0.3, 0.4) is 0 Å². The van der Waals surface area contributed by atoms with E-state index in [2.05, 4.69) is 10.5 Å². The number of aromatic nitrogens is 3. The number of piperidine rings is 1. The first-order chi connectivity index (χ1) is 15.9. The number of aryl methyl sites for hydroxylation is 3. The van der Waals surface area contributed by atoms with Gasteiger partial charge in [-0.2, -0.15) is 9.40 Å². The van der Waals surface area contributed by atoms with Crippen LogP contribution in [0.5, 0.6) is 0 Å². The van der Waals surface area contributed by atoms with E-state index in [1.54, 1.807) is 18.5 Å². The molecule has 2 aromatic heterocycles. The fraction of sp³-hybridized carbons (Fsp3) is 0.435. The third-order valence-corrected chi connectivity index (χ3v) is 8.58. The second-order valence-electron chi connectivity index (χ2n) is 8.72. The van der Waals surface area contributed by atoms with Gasteiger partial charge in [0, 0.05) is 18.7 Å². The molecule has 3 heterocycles. The highest BCUT2D eigenvalue weighted by Crippen LogP contribution is 2.33. The molecule has 0 spiro atoms. The van der Waals surface area contributed by atoms with Crippen LogP contribution in [0.1, 0.15) is 42.0 Å². The number of hydrogen-bond donors (Lipinski definition) is 1. The molecule has 3 aromatic rings. The van der Waals surface area contributed by atoms with E-state index >= 15 is 0 Å². The first-order valence-corrected chi connectivity index (χ1v) is 12.7. The summed E-state index contributed by atoms with van der Waals surface area (Å²) in [6.07, 6.45) is 4.01. The summed E-state index contributed by atoms with van der Waals surface area (Å²) in [5.74, 6) is 0.330. The van der Waals surface area contributed by atoms with Crippen molar-refractivity contribution in [1.82, 2.24) is 19.2 Å². The maximum Gasteiger partial charge on any atom is 0.248 e. The van der Waals surface area contributed by atoms with Crippen molar-refractivity contribution in [3.8, 4) is 5.69 Å². The molecule has 2 aliphatic rings. The van der Waals surface area contributed by atoms with Crippen molar-refractivity contribution >= 4 is 21.7 Å². The molecule has 0 radical (unpaired) electrons. The summed E-state index contributed by atoms with van der Waals surface area (Å²) in [6.45, 7) is 3.70. The molecule has 174 valence electrons. The van der Waals surface area contributed by atoms with E-state index < -0.39 is 15.9 Å². The Kier molecular flexibility index (Phi) is 5.57. The zero-order valence-corrected chi connectivity index (χ0v) is 19.6. The van der Waals surface area contributed by atoms with Gasteiger partial charge >= 0.3 is 0 Å². The SMILES string of the molecule is Cc1noc(C)c1S(=O)(=O)N1CCCC(C(=O)Nc2c3c(nn2-c2ccccc2)CCC3)C1. The Morgan fingerprint density at radius 2 is 1.94 bits per heavy atom. The average Bonchev–Trinajstić information content (AvgIpc) is 3.50. The van der Waals surface area contributed by atoms with Gasteiger partial charge in [0.05, 0.1) is 17.3 Å². The molecule has 5 rings (SSSR count). The van der Waals surface area contributed by atoms with Crippen molar-refractivity contribution < 1.29 is 17.7 Å². The zero-order chi connectivity index (χ0) is 23.2. The summed E-state index contributed by atoms with van der Waals surface area (Å²) in [5, 5.41) is 11.6. The van der Waals surface area contributed by atoms with Gasteiger partial charge in [-0.3, -0.25) is 4.79 Å². The van der Waals surface area contributed by atoms with Crippen LogP contribution in [0.2, 0.25) is 0 Å². The monoisotopic (exact) mass is 469 g/mol. The van der Waals surface area contributed by atoms with Gasteiger partial charge < -0.3 is 9.84 Å². The molecule has 33 heavy (non-hydrogen) atoms. The van der Waals surface area contributed by atoms with Crippen molar-refractivity contribution in [3.63, 3.8) is 0 Å². The maximum atomic E-state index is 13.3. The van der Waals surface area contributed by atoms with Gasteiger partial charge in [-0.25, -0.2) is 13.1 Å². The number of benzene rings is 1. The zero-order valence-electron chi connectivity index (χ0n) is 18.7. The fourth-order valence-electron chi connectivity index (χ4n) is 4.84. The standard InChI is InChI=1S/C23H27N5O4S/c1-15-21(16(2)32-26-15)33(30,31)27-13-7-8-17(14-27)23(29)24-22-19-11-6-12-20(19)25-28(22)18-9-4-3-5-10-18/h3-5,9-10,17H,6-8,11-14H2,1-2H3,(H,24,29). The number of hydrogen-bond acceptors (Lipinski definition) is 6. The number of nitrogens with zero attached hydrogens (tertiary/aromatic N) is 4. The van der Waals surface area contributed by atoms with Crippen molar-refractivity contribution in [2.45, 2.75) is 50.8 Å². The third-order valence-electron chi connectivity index (χ3n) is 6.47. The van der Waals surface area contributed by atoms with Gasteiger partial charge in [-0.15, -0.1) is 0 Å². The second-order valence-corrected chi connectivity index (χ2v) is 10.6. The maximum absolute atomic E-state index is 13.3. The topological polar surface area (TPSA) is 110 Å². The van der Waals surface area contributed by atoms with E-state index in [0.29, 0.717) is 30.9 Å². The van der Waals surface area contributed by atoms with Gasteiger partial charge in [0.15, 0.2) is 5.76 Å². The van der Waals surface area contributed by atoms with E-state index in [-0.39, 0.29) is 23.1 Å². The highest BCUT2D eigenvalue weighted by molar-refractivity contribution is 7.89. The first-order valence-electron chi connectivity index (χ1n) is 11.3. The molecule has 1 atom stereocenters. The number of carbonyl (C=O) groups is 1. The van der Waals surface area contributed by atoms with Crippen LogP contribution in [0.15, 0.2) is 39.8 Å². The lowest BCUT2D eigenvalue weighted by molar-refractivity contribution is -0.120. The van der Waals surface area contributed by atoms with Crippen LogP contribution >= 0.6 is 0 Å². The second kappa shape index (κ2) is 8.42. The summed E-state index contributed by atoms with van der Waals surface area (Å²) in [7, 11) is -3.79. The van der Waals surface area contributed by atoms with Crippen molar-refractivity contribution in [2.75, 3.05) is 18.4 Å². The lowest BCUT2D eigenvalue weighted by atomic mass is 9.99. The number of anilines is 1. The van der Waals surface area contributed by atoms with E-state index in [1.165, 1.54) is 4.31 Å². The first kappa shape index (κ1) is 21.8. The van der Waals surface area contributed by atoms with E-state index in [1.807, 2.05) is 30.3 Å². The fourth-order valence-corrected chi connectivity index (χ4v) is 6.66. The minimum atomic E-state index is -3.79. The molecule has 1 aliphatic carbocycles. The molecule has 0 bridgehead atoms. The Morgan fingerprint density at radius 3 is 2.67 bits per heavy atom. The number of rotatable bonds is 5. The normalized spacial score (nSPS) is 18.9. The van der Waals surface area contributed by atoms with Gasteiger partial charge in [-0.05, 0) is 58.1 Å². The predicted molar refractivity (Wildman–Crippen MR) is 122 cm³/mol. The van der Waals surface area contributed by atoms with Gasteiger partial charge in [0.25, 0.3) is 0 Å². The quantitative estimate of drug-likeness (QED) is 0.615. The van der Waals surface area contributed by atoms with Gasteiger partial charge in [0.2, 0.25) is 15.9 Å². The number of amides is 1. The molecular weight excluding hydrogens is 442 g/mol. The van der Waals surface area contributed by atoms with Gasteiger partial charge in [0.1, 0.15) is 16.4 Å². The number of nitrogens with one attached hydrogen (secondary N) is 1. The molecule has 1 aliphatic heterocycles.